The molecule has 1 fully saturated rings. The van der Waals surface area contributed by atoms with Gasteiger partial charge in [-0.15, -0.1) is 0 Å². The fraction of sp³-hybridized carbons (Fsp3) is 0.947. The van der Waals surface area contributed by atoms with E-state index in [4.69, 9.17) is 9.47 Å². The Morgan fingerprint density at radius 1 is 1.07 bits per heavy atom. The molecular weight excluding hydrogens is 386 g/mol. The maximum atomic E-state index is 11.5. The van der Waals surface area contributed by atoms with E-state index in [0.717, 1.165) is 32.1 Å². The van der Waals surface area contributed by atoms with E-state index in [1.54, 1.807) is 0 Å². The highest BCUT2D eigenvalue weighted by molar-refractivity contribution is 5.73. The van der Waals surface area contributed by atoms with Crippen LogP contribution in [0.5, 0.6) is 0 Å². The Hall–Kier alpha value is -0.850. The second-order valence-electron chi connectivity index (χ2n) is 7.60. The number of aliphatic hydroxyl groups excluding tert-OH is 6. The van der Waals surface area contributed by atoms with E-state index in [0.29, 0.717) is 6.42 Å². The lowest BCUT2D eigenvalue weighted by Gasteiger charge is -2.40. The average molecular weight is 424 g/mol. The van der Waals surface area contributed by atoms with E-state index in [2.05, 4.69) is 12.2 Å². The predicted octanol–water partition coefficient (Wildman–Crippen LogP) is -1.61. The van der Waals surface area contributed by atoms with Crippen LogP contribution in [-0.2, 0) is 14.3 Å². The highest BCUT2D eigenvalue weighted by Crippen LogP contribution is 2.22. The number of amides is 1. The maximum absolute atomic E-state index is 11.5. The molecule has 1 amide bonds. The number of carbonyl (C=O) groups excluding carboxylic acids is 1. The number of aliphatic hydroxyl groups is 6. The zero-order valence-corrected chi connectivity index (χ0v) is 17.2. The van der Waals surface area contributed by atoms with Crippen LogP contribution >= 0.6 is 0 Å². The van der Waals surface area contributed by atoms with Gasteiger partial charge in [0, 0.05) is 6.92 Å². The summed E-state index contributed by atoms with van der Waals surface area (Å²) in [4.78, 5) is 11.5. The number of hydrogen-bond donors (Lipinski definition) is 7. The van der Waals surface area contributed by atoms with Crippen LogP contribution < -0.4 is 5.32 Å². The van der Waals surface area contributed by atoms with Crippen molar-refractivity contribution in [1.29, 1.82) is 0 Å². The van der Waals surface area contributed by atoms with Crippen molar-refractivity contribution >= 4 is 5.91 Å². The molecule has 0 radical (unpaired) electrons. The van der Waals surface area contributed by atoms with Gasteiger partial charge in [0.2, 0.25) is 5.91 Å². The normalized spacial score (nSPS) is 30.6. The fourth-order valence-electron chi connectivity index (χ4n) is 3.29. The van der Waals surface area contributed by atoms with Crippen molar-refractivity contribution in [1.82, 2.24) is 5.32 Å². The molecule has 0 aromatic heterocycles. The molecule has 8 atom stereocenters. The van der Waals surface area contributed by atoms with E-state index >= 15 is 0 Å². The molecule has 0 saturated carbocycles. The molecule has 0 aromatic rings. The number of ether oxygens (including phenoxy) is 2. The largest absolute Gasteiger partial charge is 0.394 e. The quantitative estimate of drug-likeness (QED) is 0.172. The van der Waals surface area contributed by atoms with Gasteiger partial charge in [-0.2, -0.15) is 0 Å². The maximum Gasteiger partial charge on any atom is 0.217 e. The van der Waals surface area contributed by atoms with Crippen molar-refractivity contribution in [2.45, 2.75) is 101 Å². The molecule has 1 saturated heterocycles. The van der Waals surface area contributed by atoms with Crippen molar-refractivity contribution < 1.29 is 44.9 Å². The molecule has 7 N–H and O–H groups in total. The van der Waals surface area contributed by atoms with Gasteiger partial charge in [-0.1, -0.05) is 39.0 Å². The molecule has 10 nitrogen and oxygen atoms in total. The van der Waals surface area contributed by atoms with E-state index in [1.165, 1.54) is 6.92 Å². The minimum atomic E-state index is -1.59. The van der Waals surface area contributed by atoms with E-state index in [1.807, 2.05) is 0 Å². The first-order chi connectivity index (χ1) is 13.7. The van der Waals surface area contributed by atoms with Gasteiger partial charge in [0.1, 0.15) is 30.5 Å². The van der Waals surface area contributed by atoms with Crippen LogP contribution in [0.4, 0.5) is 0 Å². The Balaban J connectivity index is 2.62. The van der Waals surface area contributed by atoms with Gasteiger partial charge in [-0.3, -0.25) is 4.79 Å². The lowest BCUT2D eigenvalue weighted by atomic mass is 9.98. The van der Waals surface area contributed by atoms with Crippen molar-refractivity contribution in [3.63, 3.8) is 0 Å². The Morgan fingerprint density at radius 3 is 2.31 bits per heavy atom. The van der Waals surface area contributed by atoms with E-state index < -0.39 is 61.5 Å². The first kappa shape index (κ1) is 26.2. The second-order valence-corrected chi connectivity index (χ2v) is 7.60. The molecule has 1 rings (SSSR count). The number of hydrogen-bond acceptors (Lipinski definition) is 9. The molecule has 1 aliphatic heterocycles. The average Bonchev–Trinajstić information content (AvgIpc) is 2.69. The Kier molecular flexibility index (Phi) is 12.1. The van der Waals surface area contributed by atoms with E-state index in [9.17, 15) is 35.4 Å². The van der Waals surface area contributed by atoms with Crippen molar-refractivity contribution in [3.8, 4) is 0 Å². The third kappa shape index (κ3) is 8.42. The highest BCUT2D eigenvalue weighted by atomic mass is 16.7. The molecule has 1 aliphatic rings. The third-order valence-corrected chi connectivity index (χ3v) is 5.09. The van der Waals surface area contributed by atoms with Crippen LogP contribution in [0.3, 0.4) is 0 Å². The summed E-state index contributed by atoms with van der Waals surface area (Å²) in [6.07, 6.45) is -4.31. The Bertz CT molecular complexity index is 465. The Labute approximate surface area is 171 Å². The van der Waals surface area contributed by atoms with Gasteiger partial charge >= 0.3 is 0 Å². The van der Waals surface area contributed by atoms with Gasteiger partial charge in [0.05, 0.1) is 25.4 Å². The molecule has 1 heterocycles. The second kappa shape index (κ2) is 13.5. The minimum absolute atomic E-state index is 0.323. The third-order valence-electron chi connectivity index (χ3n) is 5.09. The molecule has 0 aliphatic carbocycles. The monoisotopic (exact) mass is 423 g/mol. The van der Waals surface area contributed by atoms with Gasteiger partial charge < -0.3 is 45.4 Å². The summed E-state index contributed by atoms with van der Waals surface area (Å²) in [5.74, 6) is -0.443. The van der Waals surface area contributed by atoms with Crippen LogP contribution in [0.15, 0.2) is 0 Å². The van der Waals surface area contributed by atoms with E-state index in [-0.39, 0.29) is 6.61 Å². The fourth-order valence-corrected chi connectivity index (χ4v) is 3.29. The first-order valence-corrected chi connectivity index (χ1v) is 10.3. The molecule has 0 aromatic carbocycles. The van der Waals surface area contributed by atoms with Crippen LogP contribution in [-0.4, -0.2) is 98.7 Å². The van der Waals surface area contributed by atoms with Crippen molar-refractivity contribution in [3.05, 3.63) is 0 Å². The molecule has 172 valence electrons. The predicted molar refractivity (Wildman–Crippen MR) is 103 cm³/mol. The summed E-state index contributed by atoms with van der Waals surface area (Å²) in [5, 5.41) is 62.0. The van der Waals surface area contributed by atoms with Gasteiger partial charge in [-0.05, 0) is 6.42 Å². The minimum Gasteiger partial charge on any atom is -0.394 e. The lowest BCUT2D eigenvalue weighted by molar-refractivity contribution is -0.303. The van der Waals surface area contributed by atoms with Crippen LogP contribution in [0.2, 0.25) is 0 Å². The summed E-state index contributed by atoms with van der Waals surface area (Å²) in [6.45, 7) is 2.44. The molecule has 10 heteroatoms. The number of unbranched alkanes of at least 4 members (excludes halogenated alkanes) is 4. The van der Waals surface area contributed by atoms with Gasteiger partial charge in [0.15, 0.2) is 6.29 Å². The number of nitrogens with one attached hydrogen (secondary N) is 1. The standard InChI is InChI=1S/C19H37NO9/c1-3-4-5-6-7-8-13(23)15(24)12(20-11(2)22)10-28-19-18(27)17(26)16(25)14(9-21)29-19/h12-19,21,23-27H,3-10H2,1-2H3,(H,20,22)/t12-,13+,14+,15-,16+,17-,18+,19-/m0/s1. The van der Waals surface area contributed by atoms with Crippen molar-refractivity contribution in [2.75, 3.05) is 13.2 Å². The number of rotatable bonds is 13. The number of carbonyl (C=O) groups is 1. The Morgan fingerprint density at radius 2 is 1.72 bits per heavy atom. The summed E-state index contributed by atoms with van der Waals surface area (Å²) in [6, 6.07) is -0.981. The lowest BCUT2D eigenvalue weighted by Crippen LogP contribution is -2.60. The van der Waals surface area contributed by atoms with Gasteiger partial charge in [-0.25, -0.2) is 0 Å². The first-order valence-electron chi connectivity index (χ1n) is 10.3. The highest BCUT2D eigenvalue weighted by Gasteiger charge is 2.44. The molecule has 0 bridgehead atoms. The van der Waals surface area contributed by atoms with Crippen molar-refractivity contribution in [2.24, 2.45) is 0 Å². The molecule has 29 heavy (non-hydrogen) atoms. The van der Waals surface area contributed by atoms with Gasteiger partial charge in [0.25, 0.3) is 0 Å². The van der Waals surface area contributed by atoms with Crippen LogP contribution in [0.1, 0.15) is 52.4 Å². The smallest absolute Gasteiger partial charge is 0.217 e. The molecule has 0 spiro atoms. The molecular formula is C19H37NO9. The zero-order valence-electron chi connectivity index (χ0n) is 17.2. The topological polar surface area (TPSA) is 169 Å². The summed E-state index contributed by atoms with van der Waals surface area (Å²) < 4.78 is 10.6. The molecule has 0 unspecified atom stereocenters. The SMILES string of the molecule is CCCCCCC[C@@H](O)[C@@H](O)[C@H](CO[C@H]1O[C@H](CO)[C@@H](O)[C@H](O)[C@H]1O)NC(C)=O. The van der Waals surface area contributed by atoms with Crippen LogP contribution in [0, 0.1) is 0 Å². The zero-order chi connectivity index (χ0) is 22.0. The summed E-state index contributed by atoms with van der Waals surface area (Å²) >= 11 is 0. The summed E-state index contributed by atoms with van der Waals surface area (Å²) in [7, 11) is 0. The van der Waals surface area contributed by atoms with Crippen LogP contribution in [0.25, 0.3) is 0 Å². The summed E-state index contributed by atoms with van der Waals surface area (Å²) in [5.41, 5.74) is 0.